The Labute approximate surface area is 103 Å². The van der Waals surface area contributed by atoms with Gasteiger partial charge in [0.2, 0.25) is 0 Å². The van der Waals surface area contributed by atoms with E-state index in [1.165, 1.54) is 0 Å². The Kier molecular flexibility index (Phi) is 6.61. The average Bonchev–Trinajstić information content (AvgIpc) is 2.22. The molecule has 0 saturated carbocycles. The molecule has 0 aromatic heterocycles. The molecule has 0 aliphatic carbocycles. The third-order valence-corrected chi connectivity index (χ3v) is 3.02. The summed E-state index contributed by atoms with van der Waals surface area (Å²) >= 11 is 0. The number of amides is 2. The van der Waals surface area contributed by atoms with Crippen LogP contribution >= 0.6 is 0 Å². The van der Waals surface area contributed by atoms with Gasteiger partial charge in [0.05, 0.1) is 0 Å². The average molecular weight is 244 g/mol. The number of hydrogen-bond donors (Lipinski definition) is 2. The van der Waals surface area contributed by atoms with Crippen molar-refractivity contribution in [2.24, 2.45) is 11.8 Å². The van der Waals surface area contributed by atoms with Crippen LogP contribution in [0.25, 0.3) is 0 Å². The smallest absolute Gasteiger partial charge is 0.317 e. The lowest BCUT2D eigenvalue weighted by molar-refractivity contribution is -0.137. The summed E-state index contributed by atoms with van der Waals surface area (Å²) in [7, 11) is 1.75. The highest BCUT2D eigenvalue weighted by atomic mass is 16.4. The molecule has 100 valence electrons. The zero-order chi connectivity index (χ0) is 13.6. The SMILES string of the molecule is CC(CNC(=O)N(C)C(C)C(C)C)CC(=O)O. The Morgan fingerprint density at radius 3 is 2.18 bits per heavy atom. The molecule has 0 radical (unpaired) electrons. The van der Waals surface area contributed by atoms with Gasteiger partial charge in [-0.1, -0.05) is 20.8 Å². The molecular formula is C12H24N2O3. The molecule has 0 rings (SSSR count). The number of carboxylic acids is 1. The molecule has 0 fully saturated rings. The second kappa shape index (κ2) is 7.14. The fraction of sp³-hybridized carbons (Fsp3) is 0.833. The number of carbonyl (C=O) groups is 2. The van der Waals surface area contributed by atoms with Crippen LogP contribution in [-0.4, -0.2) is 41.6 Å². The lowest BCUT2D eigenvalue weighted by atomic mass is 10.1. The number of urea groups is 1. The van der Waals surface area contributed by atoms with Gasteiger partial charge in [-0.05, 0) is 18.8 Å². The van der Waals surface area contributed by atoms with Crippen molar-refractivity contribution in [3.63, 3.8) is 0 Å². The second-order valence-corrected chi connectivity index (χ2v) is 4.98. The number of hydrogen-bond acceptors (Lipinski definition) is 2. The number of nitrogens with one attached hydrogen (secondary N) is 1. The van der Waals surface area contributed by atoms with Gasteiger partial charge in [0.15, 0.2) is 0 Å². The molecule has 0 aliphatic heterocycles. The Morgan fingerprint density at radius 1 is 1.24 bits per heavy atom. The molecule has 0 aromatic carbocycles. The zero-order valence-corrected chi connectivity index (χ0v) is 11.4. The molecule has 0 heterocycles. The number of carbonyl (C=O) groups excluding carboxylic acids is 1. The standard InChI is InChI=1S/C12H24N2O3/c1-8(2)10(4)14(5)12(17)13-7-9(3)6-11(15)16/h8-10H,6-7H2,1-5H3,(H,13,17)(H,15,16). The quantitative estimate of drug-likeness (QED) is 0.748. The van der Waals surface area contributed by atoms with E-state index in [1.54, 1.807) is 18.9 Å². The highest BCUT2D eigenvalue weighted by Crippen LogP contribution is 2.08. The van der Waals surface area contributed by atoms with E-state index in [9.17, 15) is 9.59 Å². The van der Waals surface area contributed by atoms with Crippen molar-refractivity contribution in [2.75, 3.05) is 13.6 Å². The van der Waals surface area contributed by atoms with Crippen molar-refractivity contribution < 1.29 is 14.7 Å². The van der Waals surface area contributed by atoms with Gasteiger partial charge < -0.3 is 15.3 Å². The minimum atomic E-state index is -0.837. The summed E-state index contributed by atoms with van der Waals surface area (Å²) in [5.74, 6) is -0.503. The van der Waals surface area contributed by atoms with Gasteiger partial charge in [-0.2, -0.15) is 0 Å². The molecule has 2 unspecified atom stereocenters. The van der Waals surface area contributed by atoms with Gasteiger partial charge in [0.25, 0.3) is 0 Å². The van der Waals surface area contributed by atoms with E-state index < -0.39 is 5.97 Å². The predicted octanol–water partition coefficient (Wildman–Crippen LogP) is 1.78. The second-order valence-electron chi connectivity index (χ2n) is 4.98. The fourth-order valence-electron chi connectivity index (χ4n) is 1.39. The minimum absolute atomic E-state index is 0.0563. The maximum Gasteiger partial charge on any atom is 0.317 e. The van der Waals surface area contributed by atoms with Crippen LogP contribution in [0.1, 0.15) is 34.1 Å². The Hall–Kier alpha value is -1.26. The summed E-state index contributed by atoms with van der Waals surface area (Å²) < 4.78 is 0. The van der Waals surface area contributed by atoms with E-state index in [4.69, 9.17) is 5.11 Å². The van der Waals surface area contributed by atoms with Crippen LogP contribution in [-0.2, 0) is 4.79 Å². The van der Waals surface area contributed by atoms with E-state index in [0.717, 1.165) is 0 Å². The molecule has 2 N–H and O–H groups in total. The van der Waals surface area contributed by atoms with E-state index >= 15 is 0 Å². The van der Waals surface area contributed by atoms with Crippen LogP contribution < -0.4 is 5.32 Å². The number of carboxylic acid groups (broad SMARTS) is 1. The first-order valence-electron chi connectivity index (χ1n) is 5.98. The Morgan fingerprint density at radius 2 is 1.76 bits per heavy atom. The summed E-state index contributed by atoms with van der Waals surface area (Å²) in [5, 5.41) is 11.3. The highest BCUT2D eigenvalue weighted by molar-refractivity contribution is 5.74. The molecule has 17 heavy (non-hydrogen) atoms. The molecule has 5 nitrogen and oxygen atoms in total. The number of nitrogens with zero attached hydrogens (tertiary/aromatic N) is 1. The number of rotatable bonds is 6. The lowest BCUT2D eigenvalue weighted by Gasteiger charge is -2.28. The van der Waals surface area contributed by atoms with E-state index in [1.807, 2.05) is 6.92 Å². The molecule has 0 saturated heterocycles. The van der Waals surface area contributed by atoms with Crippen LogP contribution in [0.2, 0.25) is 0 Å². The summed E-state index contributed by atoms with van der Waals surface area (Å²) in [5.41, 5.74) is 0. The largest absolute Gasteiger partial charge is 0.481 e. The monoisotopic (exact) mass is 244 g/mol. The Balaban J connectivity index is 4.05. The molecule has 2 atom stereocenters. The van der Waals surface area contributed by atoms with Gasteiger partial charge in [0, 0.05) is 26.1 Å². The summed E-state index contributed by atoms with van der Waals surface area (Å²) in [4.78, 5) is 23.9. The maximum atomic E-state index is 11.7. The van der Waals surface area contributed by atoms with Crippen LogP contribution in [0.5, 0.6) is 0 Å². The first-order valence-corrected chi connectivity index (χ1v) is 5.98. The molecule has 0 spiro atoms. The van der Waals surface area contributed by atoms with Crippen molar-refractivity contribution in [1.82, 2.24) is 10.2 Å². The summed E-state index contributed by atoms with van der Waals surface area (Å²) in [6.07, 6.45) is 0.0731. The predicted molar refractivity (Wildman–Crippen MR) is 66.9 cm³/mol. The molecule has 0 aromatic rings. The topological polar surface area (TPSA) is 69.6 Å². The van der Waals surface area contributed by atoms with Crippen molar-refractivity contribution in [3.8, 4) is 0 Å². The third kappa shape index (κ3) is 6.14. The van der Waals surface area contributed by atoms with Crippen LogP contribution in [0.15, 0.2) is 0 Å². The van der Waals surface area contributed by atoms with Crippen LogP contribution in [0.4, 0.5) is 4.79 Å². The summed E-state index contributed by atoms with van der Waals surface area (Å²) in [6, 6.07) is 0.00761. The lowest BCUT2D eigenvalue weighted by Crippen LogP contribution is -2.45. The molecule has 2 amide bonds. The van der Waals surface area contributed by atoms with E-state index in [-0.39, 0.29) is 24.4 Å². The van der Waals surface area contributed by atoms with Crippen molar-refractivity contribution in [1.29, 1.82) is 0 Å². The van der Waals surface area contributed by atoms with Crippen LogP contribution in [0.3, 0.4) is 0 Å². The van der Waals surface area contributed by atoms with E-state index in [2.05, 4.69) is 19.2 Å². The Bertz CT molecular complexity index is 266. The molecule has 0 bridgehead atoms. The van der Waals surface area contributed by atoms with Gasteiger partial charge in [-0.15, -0.1) is 0 Å². The fourth-order valence-corrected chi connectivity index (χ4v) is 1.39. The van der Waals surface area contributed by atoms with Crippen molar-refractivity contribution in [3.05, 3.63) is 0 Å². The van der Waals surface area contributed by atoms with Gasteiger partial charge in [0.1, 0.15) is 0 Å². The minimum Gasteiger partial charge on any atom is -0.481 e. The maximum absolute atomic E-state index is 11.7. The highest BCUT2D eigenvalue weighted by Gasteiger charge is 2.18. The van der Waals surface area contributed by atoms with Crippen molar-refractivity contribution in [2.45, 2.75) is 40.2 Å². The molecular weight excluding hydrogens is 220 g/mol. The first kappa shape index (κ1) is 15.7. The molecule has 0 aliphatic rings. The first-order chi connectivity index (χ1) is 7.75. The zero-order valence-electron chi connectivity index (χ0n) is 11.4. The van der Waals surface area contributed by atoms with Gasteiger partial charge in [-0.25, -0.2) is 4.79 Å². The third-order valence-electron chi connectivity index (χ3n) is 3.02. The normalized spacial score (nSPS) is 14.2. The van der Waals surface area contributed by atoms with Gasteiger partial charge in [-0.3, -0.25) is 4.79 Å². The summed E-state index contributed by atoms with van der Waals surface area (Å²) in [6.45, 7) is 8.30. The van der Waals surface area contributed by atoms with Gasteiger partial charge >= 0.3 is 12.0 Å². The number of aliphatic carboxylic acids is 1. The molecule has 5 heteroatoms. The van der Waals surface area contributed by atoms with Crippen LogP contribution in [0, 0.1) is 11.8 Å². The van der Waals surface area contributed by atoms with E-state index in [0.29, 0.717) is 12.5 Å². The van der Waals surface area contributed by atoms with Crippen molar-refractivity contribution >= 4 is 12.0 Å².